The van der Waals surface area contributed by atoms with Crippen LogP contribution in [0.1, 0.15) is 36.3 Å². The summed E-state index contributed by atoms with van der Waals surface area (Å²) >= 11 is 6.04. The maximum Gasteiger partial charge on any atom is 0.257 e. The van der Waals surface area contributed by atoms with Gasteiger partial charge in [-0.3, -0.25) is 9.69 Å². The third-order valence-corrected chi connectivity index (χ3v) is 6.12. The van der Waals surface area contributed by atoms with Crippen molar-refractivity contribution < 1.29 is 18.7 Å². The maximum atomic E-state index is 13.4. The van der Waals surface area contributed by atoms with Gasteiger partial charge in [0.05, 0.1) is 18.5 Å². The molecule has 0 saturated heterocycles. The topological polar surface area (TPSA) is 67.5 Å². The van der Waals surface area contributed by atoms with Crippen LogP contribution in [0, 0.1) is 0 Å². The first kappa shape index (κ1) is 21.6. The molecule has 0 spiro atoms. The second-order valence-corrected chi connectivity index (χ2v) is 8.45. The quantitative estimate of drug-likeness (QED) is 0.498. The molecular weight excluding hydrogens is 442 g/mol. The Morgan fingerprint density at radius 1 is 1.15 bits per heavy atom. The van der Waals surface area contributed by atoms with Crippen LogP contribution in [0.3, 0.4) is 0 Å². The minimum absolute atomic E-state index is 0.0806. The Balaban J connectivity index is 1.34. The molecular formula is C25H24ClN3O4. The number of hydrogen-bond donors (Lipinski definition) is 0. The van der Waals surface area contributed by atoms with Gasteiger partial charge in [-0.25, -0.2) is 5.01 Å². The van der Waals surface area contributed by atoms with Gasteiger partial charge in [0, 0.05) is 18.0 Å². The number of ether oxygens (including phenoxy) is 2. The van der Waals surface area contributed by atoms with E-state index in [1.807, 2.05) is 61.5 Å². The summed E-state index contributed by atoms with van der Waals surface area (Å²) in [6.07, 6.45) is 2.20. The Morgan fingerprint density at radius 3 is 2.73 bits per heavy atom. The van der Waals surface area contributed by atoms with E-state index in [2.05, 4.69) is 4.90 Å². The highest BCUT2D eigenvalue weighted by atomic mass is 35.5. The molecule has 2 aromatic carbocycles. The van der Waals surface area contributed by atoms with Crippen molar-refractivity contribution in [3.8, 4) is 11.5 Å². The number of amides is 1. The van der Waals surface area contributed by atoms with Gasteiger partial charge in [0.25, 0.3) is 5.91 Å². The van der Waals surface area contributed by atoms with Crippen LogP contribution < -0.4 is 9.47 Å². The Hall–Kier alpha value is -3.29. The molecule has 1 atom stereocenters. The number of rotatable bonds is 7. The number of halogens is 1. The van der Waals surface area contributed by atoms with E-state index in [0.29, 0.717) is 24.5 Å². The van der Waals surface area contributed by atoms with Gasteiger partial charge in [-0.2, -0.15) is 5.10 Å². The second-order valence-electron chi connectivity index (χ2n) is 8.02. The minimum atomic E-state index is -0.276. The minimum Gasteiger partial charge on any atom is -0.467 e. The van der Waals surface area contributed by atoms with Gasteiger partial charge < -0.3 is 13.9 Å². The lowest BCUT2D eigenvalue weighted by Crippen LogP contribution is -2.37. The zero-order chi connectivity index (χ0) is 22.8. The van der Waals surface area contributed by atoms with E-state index >= 15 is 0 Å². The number of hydrazone groups is 1. The molecule has 0 saturated carbocycles. The number of carbonyl (C=O) groups excluding carboxylic acids is 1. The van der Waals surface area contributed by atoms with Crippen LogP contribution in [0.5, 0.6) is 11.5 Å². The van der Waals surface area contributed by atoms with Gasteiger partial charge in [-0.1, -0.05) is 36.7 Å². The molecule has 7 nitrogen and oxygen atoms in total. The standard InChI is InChI=1S/C25H24ClN3O4/c1-2-28(14-17-5-10-23-24(12-17)33-16-32-23)15-25(30)29-21(22-4-3-11-31-22)13-20(27-29)18-6-8-19(26)9-7-18/h3-12,21H,2,13-16H2,1H3/t21-/m1/s1. The molecule has 0 N–H and O–H groups in total. The summed E-state index contributed by atoms with van der Waals surface area (Å²) in [5, 5.41) is 6.92. The zero-order valence-corrected chi connectivity index (χ0v) is 19.0. The van der Waals surface area contributed by atoms with E-state index < -0.39 is 0 Å². The van der Waals surface area contributed by atoms with Crippen molar-refractivity contribution in [1.29, 1.82) is 0 Å². The van der Waals surface area contributed by atoms with Crippen LogP contribution in [0.4, 0.5) is 0 Å². The Labute approximate surface area is 197 Å². The van der Waals surface area contributed by atoms with Gasteiger partial charge >= 0.3 is 0 Å². The average molecular weight is 466 g/mol. The highest BCUT2D eigenvalue weighted by Gasteiger charge is 2.35. The molecule has 1 aromatic heterocycles. The number of benzene rings is 2. The molecule has 3 aromatic rings. The molecule has 0 unspecified atom stereocenters. The predicted molar refractivity (Wildman–Crippen MR) is 124 cm³/mol. The van der Waals surface area contributed by atoms with Gasteiger partial charge in [0.15, 0.2) is 11.5 Å². The number of fused-ring (bicyclic) bond motifs is 1. The summed E-state index contributed by atoms with van der Waals surface area (Å²) in [7, 11) is 0. The van der Waals surface area contributed by atoms with E-state index in [0.717, 1.165) is 34.1 Å². The molecule has 2 aliphatic rings. The van der Waals surface area contributed by atoms with E-state index in [4.69, 9.17) is 30.6 Å². The summed E-state index contributed by atoms with van der Waals surface area (Å²) in [5.41, 5.74) is 2.84. The van der Waals surface area contributed by atoms with Gasteiger partial charge in [-0.15, -0.1) is 0 Å². The summed E-state index contributed by atoms with van der Waals surface area (Å²) in [6, 6.07) is 16.8. The van der Waals surface area contributed by atoms with E-state index in [9.17, 15) is 4.79 Å². The largest absolute Gasteiger partial charge is 0.467 e. The van der Waals surface area contributed by atoms with Crippen molar-refractivity contribution in [3.05, 3.63) is 82.8 Å². The maximum absolute atomic E-state index is 13.4. The Bertz CT molecular complexity index is 1160. The fourth-order valence-corrected chi connectivity index (χ4v) is 4.23. The lowest BCUT2D eigenvalue weighted by atomic mass is 10.0. The molecule has 170 valence electrons. The van der Waals surface area contributed by atoms with Gasteiger partial charge in [-0.05, 0) is 54.1 Å². The van der Waals surface area contributed by atoms with E-state index in [1.54, 1.807) is 11.3 Å². The molecule has 2 aliphatic heterocycles. The summed E-state index contributed by atoms with van der Waals surface area (Å²) in [6.45, 7) is 3.85. The first-order chi connectivity index (χ1) is 16.1. The number of carbonyl (C=O) groups is 1. The molecule has 1 amide bonds. The van der Waals surface area contributed by atoms with Crippen molar-refractivity contribution in [2.24, 2.45) is 5.10 Å². The van der Waals surface area contributed by atoms with Crippen molar-refractivity contribution >= 4 is 23.2 Å². The summed E-state index contributed by atoms with van der Waals surface area (Å²) < 4.78 is 16.5. The van der Waals surface area contributed by atoms with Crippen LogP contribution in [-0.4, -0.2) is 41.4 Å². The van der Waals surface area contributed by atoms with Gasteiger partial charge in [0.2, 0.25) is 6.79 Å². The molecule has 33 heavy (non-hydrogen) atoms. The Morgan fingerprint density at radius 2 is 1.97 bits per heavy atom. The predicted octanol–water partition coefficient (Wildman–Crippen LogP) is 4.86. The van der Waals surface area contributed by atoms with Crippen LogP contribution in [0.15, 0.2) is 70.4 Å². The zero-order valence-electron chi connectivity index (χ0n) is 18.2. The number of nitrogens with zero attached hydrogens (tertiary/aromatic N) is 3. The smallest absolute Gasteiger partial charge is 0.257 e. The lowest BCUT2D eigenvalue weighted by molar-refractivity contribution is -0.134. The van der Waals surface area contributed by atoms with Crippen molar-refractivity contribution in [2.45, 2.75) is 25.9 Å². The highest BCUT2D eigenvalue weighted by molar-refractivity contribution is 6.30. The van der Waals surface area contributed by atoms with Crippen LogP contribution in [0.2, 0.25) is 5.02 Å². The number of likely N-dealkylation sites (N-methyl/N-ethyl adjacent to an activating group) is 1. The lowest BCUT2D eigenvalue weighted by Gasteiger charge is -2.25. The highest BCUT2D eigenvalue weighted by Crippen LogP contribution is 2.34. The van der Waals surface area contributed by atoms with Gasteiger partial charge in [0.1, 0.15) is 11.8 Å². The summed E-state index contributed by atoms with van der Waals surface area (Å²) in [4.78, 5) is 15.5. The molecule has 3 heterocycles. The average Bonchev–Trinajstić information content (AvgIpc) is 3.59. The first-order valence-electron chi connectivity index (χ1n) is 10.9. The SMILES string of the molecule is CCN(CC(=O)N1N=C(c2ccc(Cl)cc2)C[C@@H]1c1ccco1)Cc1ccc2c(c1)OCO2. The van der Waals surface area contributed by atoms with E-state index in [-0.39, 0.29) is 25.3 Å². The van der Waals surface area contributed by atoms with Crippen molar-refractivity contribution in [1.82, 2.24) is 9.91 Å². The first-order valence-corrected chi connectivity index (χ1v) is 11.3. The summed E-state index contributed by atoms with van der Waals surface area (Å²) in [5.74, 6) is 2.13. The molecule has 0 bridgehead atoms. The van der Waals surface area contributed by atoms with Crippen molar-refractivity contribution in [3.63, 3.8) is 0 Å². The number of furan rings is 1. The third-order valence-electron chi connectivity index (χ3n) is 5.86. The van der Waals surface area contributed by atoms with E-state index in [1.165, 1.54) is 0 Å². The fraction of sp³-hybridized carbons (Fsp3) is 0.280. The molecule has 0 radical (unpaired) electrons. The van der Waals surface area contributed by atoms with Crippen LogP contribution in [-0.2, 0) is 11.3 Å². The molecule has 8 heteroatoms. The normalized spacial score (nSPS) is 17.0. The molecule has 5 rings (SSSR count). The third kappa shape index (κ3) is 4.60. The van der Waals surface area contributed by atoms with Crippen LogP contribution in [0.25, 0.3) is 0 Å². The second kappa shape index (κ2) is 9.29. The monoisotopic (exact) mass is 465 g/mol. The molecule has 0 aliphatic carbocycles. The fourth-order valence-electron chi connectivity index (χ4n) is 4.10. The number of hydrogen-bond acceptors (Lipinski definition) is 6. The van der Waals surface area contributed by atoms with Crippen molar-refractivity contribution in [2.75, 3.05) is 19.9 Å². The van der Waals surface area contributed by atoms with Crippen LogP contribution >= 0.6 is 11.6 Å². The Kier molecular flexibility index (Phi) is 6.07. The molecule has 0 fully saturated rings.